The van der Waals surface area contributed by atoms with E-state index in [0.29, 0.717) is 58.8 Å². The summed E-state index contributed by atoms with van der Waals surface area (Å²) in [7, 11) is 0. The number of likely N-dealkylation sites (tertiary alicyclic amines) is 1. The van der Waals surface area contributed by atoms with Gasteiger partial charge in [-0.15, -0.1) is 0 Å². The molecule has 0 bridgehead atoms. The van der Waals surface area contributed by atoms with Crippen LogP contribution in [0.1, 0.15) is 25.7 Å². The Kier molecular flexibility index (Phi) is 5.16. The van der Waals surface area contributed by atoms with Crippen LogP contribution in [-0.4, -0.2) is 79.8 Å². The third-order valence-electron chi connectivity index (χ3n) is 5.00. The number of piperidine rings is 1. The zero-order valence-electron chi connectivity index (χ0n) is 13.6. The third kappa shape index (κ3) is 4.64. The second-order valence-corrected chi connectivity index (χ2v) is 6.91. The number of nitrogens with zero attached hydrogens (tertiary/aromatic N) is 2. The van der Waals surface area contributed by atoms with Gasteiger partial charge in [0, 0.05) is 32.1 Å². The molecule has 1 N–H and O–H groups in total. The second kappa shape index (κ2) is 7.13. The van der Waals surface area contributed by atoms with Crippen molar-refractivity contribution in [1.82, 2.24) is 15.1 Å². The highest BCUT2D eigenvalue weighted by molar-refractivity contribution is 5.80. The van der Waals surface area contributed by atoms with Gasteiger partial charge in [-0.1, -0.05) is 0 Å². The molecule has 2 heterocycles. The first-order chi connectivity index (χ1) is 11.1. The van der Waals surface area contributed by atoms with Gasteiger partial charge in [-0.05, 0) is 25.7 Å². The molecule has 3 fully saturated rings. The number of amides is 2. The van der Waals surface area contributed by atoms with E-state index in [4.69, 9.17) is 4.74 Å². The van der Waals surface area contributed by atoms with E-state index in [9.17, 15) is 14.0 Å². The minimum atomic E-state index is -1.33. The molecule has 0 atom stereocenters. The van der Waals surface area contributed by atoms with Crippen molar-refractivity contribution in [1.29, 1.82) is 0 Å². The van der Waals surface area contributed by atoms with Gasteiger partial charge in [0.1, 0.15) is 5.67 Å². The lowest BCUT2D eigenvalue weighted by molar-refractivity contribution is -0.137. The largest absolute Gasteiger partial charge is 0.378 e. The fourth-order valence-electron chi connectivity index (χ4n) is 3.13. The molecule has 0 unspecified atom stereocenters. The zero-order chi connectivity index (χ0) is 16.3. The van der Waals surface area contributed by atoms with Gasteiger partial charge in [0.15, 0.2) is 0 Å². The average Bonchev–Trinajstić information content (AvgIpc) is 3.41. The Morgan fingerprint density at radius 3 is 2.39 bits per heavy atom. The molecule has 6 nitrogen and oxygen atoms in total. The maximum atomic E-state index is 14.7. The average molecular weight is 327 g/mol. The predicted molar refractivity (Wildman–Crippen MR) is 82.6 cm³/mol. The summed E-state index contributed by atoms with van der Waals surface area (Å²) in [5.41, 5.74) is -1.33. The first-order valence-electron chi connectivity index (χ1n) is 8.60. The van der Waals surface area contributed by atoms with E-state index in [2.05, 4.69) is 5.32 Å². The lowest BCUT2D eigenvalue weighted by atomic mass is 9.93. The molecular weight excluding hydrogens is 301 g/mol. The maximum absolute atomic E-state index is 14.7. The van der Waals surface area contributed by atoms with Crippen molar-refractivity contribution >= 4 is 11.8 Å². The van der Waals surface area contributed by atoms with Crippen LogP contribution in [0.3, 0.4) is 0 Å². The van der Waals surface area contributed by atoms with Gasteiger partial charge in [-0.25, -0.2) is 4.39 Å². The Labute approximate surface area is 136 Å². The van der Waals surface area contributed by atoms with Crippen LogP contribution >= 0.6 is 0 Å². The molecule has 1 aliphatic carbocycles. The number of morpholine rings is 1. The number of nitrogens with one attached hydrogen (secondary N) is 1. The fraction of sp³-hybridized carbons (Fsp3) is 0.875. The van der Waals surface area contributed by atoms with Crippen molar-refractivity contribution in [3.63, 3.8) is 0 Å². The van der Waals surface area contributed by atoms with E-state index in [-0.39, 0.29) is 24.3 Å². The highest BCUT2D eigenvalue weighted by Crippen LogP contribution is 2.30. The topological polar surface area (TPSA) is 61.9 Å². The van der Waals surface area contributed by atoms with Crippen molar-refractivity contribution in [3.05, 3.63) is 0 Å². The van der Waals surface area contributed by atoms with E-state index >= 15 is 0 Å². The summed E-state index contributed by atoms with van der Waals surface area (Å²) in [5, 5.41) is 2.74. The first-order valence-corrected chi connectivity index (χ1v) is 8.60. The Hall–Kier alpha value is -1.21. The third-order valence-corrected chi connectivity index (χ3v) is 5.00. The lowest BCUT2D eigenvalue weighted by Crippen LogP contribution is -2.51. The van der Waals surface area contributed by atoms with Crippen molar-refractivity contribution in [2.75, 3.05) is 52.5 Å². The number of hydrogen-bond acceptors (Lipinski definition) is 4. The van der Waals surface area contributed by atoms with Crippen LogP contribution < -0.4 is 5.32 Å². The van der Waals surface area contributed by atoms with Gasteiger partial charge in [-0.3, -0.25) is 14.5 Å². The Bertz CT molecular complexity index is 442. The molecule has 0 radical (unpaired) electrons. The number of alkyl halides is 1. The molecule has 1 saturated carbocycles. The Morgan fingerprint density at radius 1 is 1.13 bits per heavy atom. The van der Waals surface area contributed by atoms with Gasteiger partial charge in [0.25, 0.3) is 0 Å². The number of carbonyl (C=O) groups is 2. The van der Waals surface area contributed by atoms with Gasteiger partial charge < -0.3 is 15.0 Å². The maximum Gasteiger partial charge on any atom is 0.236 e. The smallest absolute Gasteiger partial charge is 0.236 e. The molecule has 0 aromatic carbocycles. The minimum absolute atomic E-state index is 0.00745. The SMILES string of the molecule is O=C(NCC1(F)CCN(CC(=O)N2CCOCC2)CC1)C1CC1. The molecular formula is C16H26FN3O3. The molecule has 2 amide bonds. The van der Waals surface area contributed by atoms with E-state index in [0.717, 1.165) is 12.8 Å². The molecule has 0 aromatic heterocycles. The number of halogens is 1. The minimum Gasteiger partial charge on any atom is -0.378 e. The highest BCUT2D eigenvalue weighted by Gasteiger charge is 2.37. The van der Waals surface area contributed by atoms with E-state index in [1.165, 1.54) is 0 Å². The van der Waals surface area contributed by atoms with Gasteiger partial charge in [0.05, 0.1) is 26.3 Å². The normalized spacial score (nSPS) is 25.2. The molecule has 7 heteroatoms. The summed E-state index contributed by atoms with van der Waals surface area (Å²) in [4.78, 5) is 27.7. The van der Waals surface area contributed by atoms with Crippen LogP contribution in [0.2, 0.25) is 0 Å². The van der Waals surface area contributed by atoms with Gasteiger partial charge in [-0.2, -0.15) is 0 Å². The van der Waals surface area contributed by atoms with Gasteiger partial charge >= 0.3 is 0 Å². The molecule has 3 aliphatic rings. The number of ether oxygens (including phenoxy) is 1. The Morgan fingerprint density at radius 2 is 1.78 bits per heavy atom. The number of carbonyl (C=O) groups excluding carboxylic acids is 2. The molecule has 0 spiro atoms. The summed E-state index contributed by atoms with van der Waals surface area (Å²) < 4.78 is 20.0. The van der Waals surface area contributed by atoms with Crippen molar-refractivity contribution in [2.45, 2.75) is 31.4 Å². The van der Waals surface area contributed by atoms with E-state index in [1.807, 2.05) is 9.80 Å². The summed E-state index contributed by atoms with van der Waals surface area (Å²) >= 11 is 0. The van der Waals surface area contributed by atoms with Crippen LogP contribution in [0.25, 0.3) is 0 Å². The predicted octanol–water partition coefficient (Wildman–Crippen LogP) is 0.176. The summed E-state index contributed by atoms with van der Waals surface area (Å²) in [5.74, 6) is 0.207. The monoisotopic (exact) mass is 327 g/mol. The second-order valence-electron chi connectivity index (χ2n) is 6.91. The van der Waals surface area contributed by atoms with Crippen LogP contribution in [0.4, 0.5) is 4.39 Å². The quantitative estimate of drug-likeness (QED) is 0.782. The highest BCUT2D eigenvalue weighted by atomic mass is 19.1. The summed E-state index contributed by atoms with van der Waals surface area (Å²) in [6.07, 6.45) is 2.60. The standard InChI is InChI=1S/C16H26FN3O3/c17-16(12-18-15(22)13-1-2-13)3-5-19(6-4-16)11-14(21)20-7-9-23-10-8-20/h13H,1-12H2,(H,18,22). The van der Waals surface area contributed by atoms with Crippen LogP contribution in [0, 0.1) is 5.92 Å². The molecule has 2 saturated heterocycles. The van der Waals surface area contributed by atoms with Crippen LogP contribution in [0.15, 0.2) is 0 Å². The van der Waals surface area contributed by atoms with Crippen LogP contribution in [-0.2, 0) is 14.3 Å². The molecule has 130 valence electrons. The number of hydrogen-bond donors (Lipinski definition) is 1. The van der Waals surface area contributed by atoms with E-state index in [1.54, 1.807) is 0 Å². The molecule has 2 aliphatic heterocycles. The summed E-state index contributed by atoms with van der Waals surface area (Å²) in [6, 6.07) is 0. The van der Waals surface area contributed by atoms with Crippen molar-refractivity contribution in [2.24, 2.45) is 5.92 Å². The summed E-state index contributed by atoms with van der Waals surface area (Å²) in [6.45, 7) is 4.07. The van der Waals surface area contributed by atoms with E-state index < -0.39 is 5.67 Å². The first kappa shape index (κ1) is 16.6. The van der Waals surface area contributed by atoms with Crippen molar-refractivity contribution < 1.29 is 18.7 Å². The molecule has 0 aromatic rings. The van der Waals surface area contributed by atoms with Gasteiger partial charge in [0.2, 0.25) is 11.8 Å². The van der Waals surface area contributed by atoms with Crippen molar-refractivity contribution in [3.8, 4) is 0 Å². The van der Waals surface area contributed by atoms with Crippen LogP contribution in [0.5, 0.6) is 0 Å². The lowest BCUT2D eigenvalue weighted by Gasteiger charge is -2.37. The zero-order valence-corrected chi connectivity index (χ0v) is 13.6. The molecule has 23 heavy (non-hydrogen) atoms. The molecule has 3 rings (SSSR count). The fourth-order valence-corrected chi connectivity index (χ4v) is 3.13. The number of rotatable bonds is 5. The Balaban J connectivity index is 1.38.